The van der Waals surface area contributed by atoms with E-state index in [2.05, 4.69) is 14.9 Å². The van der Waals surface area contributed by atoms with Crippen LogP contribution in [0.4, 0.5) is 5.82 Å². The molecule has 0 saturated carbocycles. The highest BCUT2D eigenvalue weighted by atomic mass is 35.5. The lowest BCUT2D eigenvalue weighted by Crippen LogP contribution is -2.38. The van der Waals surface area contributed by atoms with Crippen molar-refractivity contribution in [3.63, 3.8) is 0 Å². The summed E-state index contributed by atoms with van der Waals surface area (Å²) in [5.74, 6) is 0.820. The van der Waals surface area contributed by atoms with Crippen LogP contribution in [0.15, 0.2) is 12.4 Å². The molecule has 88 valence electrons. The van der Waals surface area contributed by atoms with E-state index in [0.717, 1.165) is 25.2 Å². The molecule has 1 N–H and O–H groups in total. The second kappa shape index (κ2) is 5.46. The van der Waals surface area contributed by atoms with E-state index >= 15 is 0 Å². The maximum Gasteiger partial charge on any atom is 0.134 e. The average Bonchev–Trinajstić information content (AvgIpc) is 2.53. The minimum atomic E-state index is 0.161. The lowest BCUT2D eigenvalue weighted by atomic mass is 10.1. The monoisotopic (exact) mass is 241 g/mol. The summed E-state index contributed by atoms with van der Waals surface area (Å²) in [6.45, 7) is 1.10. The van der Waals surface area contributed by atoms with E-state index in [4.69, 9.17) is 11.6 Å². The quantitative estimate of drug-likeness (QED) is 0.804. The van der Waals surface area contributed by atoms with Crippen LogP contribution in [0.3, 0.4) is 0 Å². The summed E-state index contributed by atoms with van der Waals surface area (Å²) in [5, 5.41) is 9.85. The third-order valence-electron chi connectivity index (χ3n) is 3.00. The molecule has 1 fully saturated rings. The molecule has 1 saturated heterocycles. The first-order chi connectivity index (χ1) is 7.81. The molecule has 1 atom stereocenters. The van der Waals surface area contributed by atoms with Gasteiger partial charge >= 0.3 is 0 Å². The standard InChI is InChI=1S/C11H16ClN3O/c12-10-6-11(14-8-13-10)15-5-3-1-2-4-9(15)7-16/h6,8-9,16H,1-5,7H2. The molecule has 2 heterocycles. The predicted molar refractivity (Wildman–Crippen MR) is 63.7 cm³/mol. The molecule has 1 aliphatic rings. The molecule has 1 aliphatic heterocycles. The Labute approximate surface area is 100 Å². The van der Waals surface area contributed by atoms with Crippen molar-refractivity contribution in [2.75, 3.05) is 18.1 Å². The number of aliphatic hydroxyl groups is 1. The van der Waals surface area contributed by atoms with Crippen molar-refractivity contribution in [3.05, 3.63) is 17.5 Å². The normalized spacial score (nSPS) is 21.9. The minimum Gasteiger partial charge on any atom is -0.394 e. The molecule has 1 aromatic rings. The number of hydrogen-bond acceptors (Lipinski definition) is 4. The van der Waals surface area contributed by atoms with Crippen molar-refractivity contribution in [1.82, 2.24) is 9.97 Å². The van der Waals surface area contributed by atoms with Gasteiger partial charge in [0, 0.05) is 12.6 Å². The van der Waals surface area contributed by atoms with E-state index in [1.165, 1.54) is 19.2 Å². The molecule has 1 aromatic heterocycles. The fourth-order valence-electron chi connectivity index (χ4n) is 2.15. The van der Waals surface area contributed by atoms with Gasteiger partial charge in [-0.2, -0.15) is 0 Å². The van der Waals surface area contributed by atoms with Gasteiger partial charge in [0.15, 0.2) is 0 Å². The average molecular weight is 242 g/mol. The second-order valence-corrected chi connectivity index (χ2v) is 4.47. The fraction of sp³-hybridized carbons (Fsp3) is 0.636. The van der Waals surface area contributed by atoms with Crippen molar-refractivity contribution >= 4 is 17.4 Å². The van der Waals surface area contributed by atoms with E-state index in [-0.39, 0.29) is 12.6 Å². The topological polar surface area (TPSA) is 49.2 Å². The van der Waals surface area contributed by atoms with Gasteiger partial charge in [0.1, 0.15) is 17.3 Å². The number of rotatable bonds is 2. The van der Waals surface area contributed by atoms with E-state index in [9.17, 15) is 5.11 Å². The number of aromatic nitrogens is 2. The van der Waals surface area contributed by atoms with Crippen molar-refractivity contribution < 1.29 is 5.11 Å². The molecule has 0 aromatic carbocycles. The lowest BCUT2D eigenvalue weighted by molar-refractivity contribution is 0.254. The number of halogens is 1. The summed E-state index contributed by atoms with van der Waals surface area (Å²) < 4.78 is 0. The SMILES string of the molecule is OCC1CCCCCN1c1cc(Cl)ncn1. The van der Waals surface area contributed by atoms with Crippen molar-refractivity contribution in [2.24, 2.45) is 0 Å². The van der Waals surface area contributed by atoms with E-state index < -0.39 is 0 Å². The zero-order chi connectivity index (χ0) is 11.4. The van der Waals surface area contributed by atoms with Crippen LogP contribution in [0.25, 0.3) is 0 Å². The Bertz CT molecular complexity index is 348. The zero-order valence-electron chi connectivity index (χ0n) is 9.14. The van der Waals surface area contributed by atoms with Crippen LogP contribution in [0.1, 0.15) is 25.7 Å². The molecule has 16 heavy (non-hydrogen) atoms. The van der Waals surface area contributed by atoms with E-state index in [0.29, 0.717) is 5.15 Å². The van der Waals surface area contributed by atoms with Crippen LogP contribution < -0.4 is 4.90 Å². The third kappa shape index (κ3) is 2.62. The summed E-state index contributed by atoms with van der Waals surface area (Å²) in [7, 11) is 0. The Morgan fingerprint density at radius 3 is 3.00 bits per heavy atom. The molecular weight excluding hydrogens is 226 g/mol. The molecule has 5 heteroatoms. The Morgan fingerprint density at radius 2 is 2.25 bits per heavy atom. The van der Waals surface area contributed by atoms with Gasteiger partial charge in [0.2, 0.25) is 0 Å². The van der Waals surface area contributed by atoms with Crippen LogP contribution in [0, 0.1) is 0 Å². The highest BCUT2D eigenvalue weighted by molar-refractivity contribution is 6.29. The summed E-state index contributed by atoms with van der Waals surface area (Å²) >= 11 is 5.86. The van der Waals surface area contributed by atoms with Crippen molar-refractivity contribution in [2.45, 2.75) is 31.7 Å². The van der Waals surface area contributed by atoms with Crippen molar-refractivity contribution in [1.29, 1.82) is 0 Å². The summed E-state index contributed by atoms with van der Waals surface area (Å²) in [4.78, 5) is 10.2. The van der Waals surface area contributed by atoms with Gasteiger partial charge in [0.25, 0.3) is 0 Å². The summed E-state index contributed by atoms with van der Waals surface area (Å²) in [6.07, 6.45) is 6.00. The van der Waals surface area contributed by atoms with Gasteiger partial charge in [-0.1, -0.05) is 24.4 Å². The first kappa shape index (κ1) is 11.6. The highest BCUT2D eigenvalue weighted by Crippen LogP contribution is 2.23. The van der Waals surface area contributed by atoms with Crippen LogP contribution in [0.2, 0.25) is 5.15 Å². The van der Waals surface area contributed by atoms with E-state index in [1.54, 1.807) is 6.07 Å². The second-order valence-electron chi connectivity index (χ2n) is 4.08. The van der Waals surface area contributed by atoms with Crippen LogP contribution in [0.5, 0.6) is 0 Å². The van der Waals surface area contributed by atoms with E-state index in [1.807, 2.05) is 0 Å². The molecule has 0 amide bonds. The van der Waals surface area contributed by atoms with Gasteiger partial charge in [-0.3, -0.25) is 0 Å². The summed E-state index contributed by atoms with van der Waals surface area (Å²) in [6, 6.07) is 1.92. The molecule has 4 nitrogen and oxygen atoms in total. The van der Waals surface area contributed by atoms with Crippen molar-refractivity contribution in [3.8, 4) is 0 Å². The Hall–Kier alpha value is -0.870. The number of anilines is 1. The Morgan fingerprint density at radius 1 is 1.38 bits per heavy atom. The zero-order valence-corrected chi connectivity index (χ0v) is 9.90. The first-order valence-electron chi connectivity index (χ1n) is 5.66. The molecule has 0 bridgehead atoms. The molecular formula is C11H16ClN3O. The Balaban J connectivity index is 2.21. The maximum absolute atomic E-state index is 9.40. The van der Waals surface area contributed by atoms with Gasteiger partial charge in [-0.25, -0.2) is 9.97 Å². The van der Waals surface area contributed by atoms with Gasteiger partial charge < -0.3 is 10.0 Å². The van der Waals surface area contributed by atoms with Crippen LogP contribution in [-0.2, 0) is 0 Å². The number of aliphatic hydroxyl groups excluding tert-OH is 1. The molecule has 2 rings (SSSR count). The molecule has 0 radical (unpaired) electrons. The number of hydrogen-bond donors (Lipinski definition) is 1. The highest BCUT2D eigenvalue weighted by Gasteiger charge is 2.21. The van der Waals surface area contributed by atoms with Gasteiger partial charge in [-0.15, -0.1) is 0 Å². The smallest absolute Gasteiger partial charge is 0.134 e. The first-order valence-corrected chi connectivity index (χ1v) is 6.04. The predicted octanol–water partition coefficient (Wildman–Crippen LogP) is 1.87. The number of nitrogens with zero attached hydrogens (tertiary/aromatic N) is 3. The molecule has 1 unspecified atom stereocenters. The molecule has 0 aliphatic carbocycles. The Kier molecular flexibility index (Phi) is 3.96. The van der Waals surface area contributed by atoms with Gasteiger partial charge in [-0.05, 0) is 12.8 Å². The summed E-state index contributed by atoms with van der Waals surface area (Å²) in [5.41, 5.74) is 0. The van der Waals surface area contributed by atoms with Crippen LogP contribution in [-0.4, -0.2) is 34.3 Å². The third-order valence-corrected chi connectivity index (χ3v) is 3.21. The molecule has 0 spiro atoms. The largest absolute Gasteiger partial charge is 0.394 e. The fourth-order valence-corrected chi connectivity index (χ4v) is 2.29. The maximum atomic E-state index is 9.40. The van der Waals surface area contributed by atoms with Gasteiger partial charge in [0.05, 0.1) is 12.6 Å². The van der Waals surface area contributed by atoms with Crippen LogP contribution >= 0.6 is 11.6 Å². The lowest BCUT2D eigenvalue weighted by Gasteiger charge is -2.29. The minimum absolute atomic E-state index is 0.161.